The van der Waals surface area contributed by atoms with Gasteiger partial charge in [-0.05, 0) is 81.8 Å². The number of carbonyl (C=O) groups is 1. The van der Waals surface area contributed by atoms with Crippen molar-refractivity contribution in [2.75, 3.05) is 26.2 Å². The van der Waals surface area contributed by atoms with Crippen LogP contribution in [0.1, 0.15) is 74.0 Å². The molecule has 1 aliphatic heterocycles. The average Bonchev–Trinajstić information content (AvgIpc) is 2.88. The van der Waals surface area contributed by atoms with Gasteiger partial charge in [-0.25, -0.2) is 4.39 Å². The Morgan fingerprint density at radius 3 is 2.36 bits per heavy atom. The number of rotatable bonds is 8. The standard InChI is InChI=1S/C29H37FN2O4/c1-3-36-28(33)29(26(20-32(34)35)23-12-14-24(30)15-13-23)16-18-31(19-17-29)27-7-5-4-6-25(27)22-10-8-21(2)9-11-22/h8-15,25-27H,3-7,16-20H2,1-2H3. The number of nitrogens with zero attached hydrogens (tertiary/aromatic N) is 2. The first-order valence-corrected chi connectivity index (χ1v) is 13.2. The van der Waals surface area contributed by atoms with Crippen LogP contribution in [0.5, 0.6) is 0 Å². The maximum atomic E-state index is 13.7. The van der Waals surface area contributed by atoms with Crippen molar-refractivity contribution in [1.82, 2.24) is 4.90 Å². The normalized spacial score (nSPS) is 23.1. The topological polar surface area (TPSA) is 72.7 Å². The first-order valence-electron chi connectivity index (χ1n) is 13.2. The van der Waals surface area contributed by atoms with Crippen LogP contribution in [0.3, 0.4) is 0 Å². The van der Waals surface area contributed by atoms with Gasteiger partial charge in [-0.15, -0.1) is 0 Å². The molecule has 0 bridgehead atoms. The largest absolute Gasteiger partial charge is 0.466 e. The van der Waals surface area contributed by atoms with Crippen LogP contribution in [0, 0.1) is 28.3 Å². The molecular weight excluding hydrogens is 459 g/mol. The maximum absolute atomic E-state index is 13.7. The second-order valence-electron chi connectivity index (χ2n) is 10.4. The number of esters is 1. The van der Waals surface area contributed by atoms with Gasteiger partial charge in [-0.3, -0.25) is 19.8 Å². The molecule has 3 atom stereocenters. The number of hydrogen-bond acceptors (Lipinski definition) is 5. The van der Waals surface area contributed by atoms with Crippen LogP contribution in [0.4, 0.5) is 4.39 Å². The Kier molecular flexibility index (Phi) is 8.39. The highest BCUT2D eigenvalue weighted by Gasteiger charge is 2.52. The van der Waals surface area contributed by atoms with Gasteiger partial charge in [-0.1, -0.05) is 54.8 Å². The molecule has 7 heteroatoms. The van der Waals surface area contributed by atoms with Crippen LogP contribution in [0.25, 0.3) is 0 Å². The Morgan fingerprint density at radius 2 is 1.75 bits per heavy atom. The van der Waals surface area contributed by atoms with Crippen LogP contribution in [-0.4, -0.2) is 48.1 Å². The molecule has 0 aromatic heterocycles. The van der Waals surface area contributed by atoms with Crippen molar-refractivity contribution in [3.8, 4) is 0 Å². The van der Waals surface area contributed by atoms with E-state index in [0.29, 0.717) is 43.5 Å². The zero-order valence-corrected chi connectivity index (χ0v) is 21.3. The molecule has 2 aliphatic rings. The van der Waals surface area contributed by atoms with Crippen LogP contribution in [0.15, 0.2) is 48.5 Å². The molecule has 0 N–H and O–H groups in total. The second-order valence-corrected chi connectivity index (χ2v) is 10.4. The molecule has 2 aromatic carbocycles. The van der Waals surface area contributed by atoms with Gasteiger partial charge in [-0.2, -0.15) is 0 Å². The minimum atomic E-state index is -1.01. The lowest BCUT2D eigenvalue weighted by molar-refractivity contribution is -0.486. The maximum Gasteiger partial charge on any atom is 0.313 e. The zero-order chi connectivity index (χ0) is 25.7. The molecular formula is C29H37FN2O4. The van der Waals surface area contributed by atoms with E-state index in [-0.39, 0.29) is 24.0 Å². The smallest absolute Gasteiger partial charge is 0.313 e. The minimum absolute atomic E-state index is 0.219. The van der Waals surface area contributed by atoms with Crippen molar-refractivity contribution >= 4 is 5.97 Å². The Labute approximate surface area is 213 Å². The molecule has 1 saturated heterocycles. The van der Waals surface area contributed by atoms with Crippen LogP contribution < -0.4 is 0 Å². The number of likely N-dealkylation sites (tertiary alicyclic amines) is 1. The molecule has 2 fully saturated rings. The van der Waals surface area contributed by atoms with Gasteiger partial charge in [0.2, 0.25) is 6.54 Å². The first-order chi connectivity index (χ1) is 17.3. The fourth-order valence-corrected chi connectivity index (χ4v) is 6.42. The highest BCUT2D eigenvalue weighted by molar-refractivity contribution is 5.78. The van der Waals surface area contributed by atoms with Gasteiger partial charge in [0, 0.05) is 11.0 Å². The molecule has 36 heavy (non-hydrogen) atoms. The van der Waals surface area contributed by atoms with Crippen LogP contribution >= 0.6 is 0 Å². The summed E-state index contributed by atoms with van der Waals surface area (Å²) in [6, 6.07) is 15.0. The Morgan fingerprint density at radius 1 is 1.11 bits per heavy atom. The third kappa shape index (κ3) is 5.61. The molecule has 0 amide bonds. The molecule has 0 spiro atoms. The highest BCUT2D eigenvalue weighted by Crippen LogP contribution is 2.48. The fraction of sp³-hybridized carbons (Fsp3) is 0.552. The Bertz CT molecular complexity index is 1030. The summed E-state index contributed by atoms with van der Waals surface area (Å²) in [5.41, 5.74) is 2.22. The highest BCUT2D eigenvalue weighted by atomic mass is 19.1. The van der Waals surface area contributed by atoms with E-state index >= 15 is 0 Å². The molecule has 3 unspecified atom stereocenters. The lowest BCUT2D eigenvalue weighted by Crippen LogP contribution is -2.53. The molecule has 4 rings (SSSR count). The lowest BCUT2D eigenvalue weighted by Gasteiger charge is -2.48. The van der Waals surface area contributed by atoms with E-state index in [2.05, 4.69) is 36.1 Å². The predicted molar refractivity (Wildman–Crippen MR) is 137 cm³/mol. The van der Waals surface area contributed by atoms with Crippen LogP contribution in [0.2, 0.25) is 0 Å². The van der Waals surface area contributed by atoms with Crippen molar-refractivity contribution in [2.24, 2.45) is 5.41 Å². The van der Waals surface area contributed by atoms with Crippen molar-refractivity contribution < 1.29 is 18.8 Å². The summed E-state index contributed by atoms with van der Waals surface area (Å²) >= 11 is 0. The van der Waals surface area contributed by atoms with E-state index in [1.807, 2.05) is 0 Å². The van der Waals surface area contributed by atoms with Crippen molar-refractivity contribution in [3.05, 3.63) is 81.2 Å². The molecule has 0 radical (unpaired) electrons. The average molecular weight is 497 g/mol. The summed E-state index contributed by atoms with van der Waals surface area (Å²) in [6.07, 6.45) is 5.63. The summed E-state index contributed by atoms with van der Waals surface area (Å²) in [4.78, 5) is 27.3. The Hall–Kier alpha value is -2.80. The van der Waals surface area contributed by atoms with E-state index in [1.54, 1.807) is 19.1 Å². The third-order valence-electron chi connectivity index (χ3n) is 8.35. The monoisotopic (exact) mass is 496 g/mol. The lowest BCUT2D eigenvalue weighted by atomic mass is 9.65. The van der Waals surface area contributed by atoms with Crippen molar-refractivity contribution in [1.29, 1.82) is 0 Å². The summed E-state index contributed by atoms with van der Waals surface area (Å²) in [5, 5.41) is 11.7. The molecule has 2 aromatic rings. The van der Waals surface area contributed by atoms with Gasteiger partial charge in [0.15, 0.2) is 0 Å². The molecule has 1 saturated carbocycles. The SMILES string of the molecule is CCOC(=O)C1(C(C[N+](=O)[O-])c2ccc(F)cc2)CCN(C2CCCCC2c2ccc(C)cc2)CC1. The summed E-state index contributed by atoms with van der Waals surface area (Å²) in [7, 11) is 0. The summed E-state index contributed by atoms with van der Waals surface area (Å²) in [5.74, 6) is -1.01. The number of nitro groups is 1. The molecule has 6 nitrogen and oxygen atoms in total. The zero-order valence-electron chi connectivity index (χ0n) is 21.3. The van der Waals surface area contributed by atoms with Gasteiger partial charge in [0.05, 0.1) is 17.9 Å². The van der Waals surface area contributed by atoms with Gasteiger partial charge >= 0.3 is 5.97 Å². The number of hydrogen-bond donors (Lipinski definition) is 0. The van der Waals surface area contributed by atoms with Gasteiger partial charge in [0.1, 0.15) is 5.82 Å². The number of carbonyl (C=O) groups excluding carboxylic acids is 1. The van der Waals surface area contributed by atoms with Crippen molar-refractivity contribution in [2.45, 2.75) is 70.3 Å². The summed E-state index contributed by atoms with van der Waals surface area (Å²) < 4.78 is 19.2. The Balaban J connectivity index is 1.61. The quantitative estimate of drug-likeness (QED) is 0.260. The minimum Gasteiger partial charge on any atom is -0.466 e. The van der Waals surface area contributed by atoms with Crippen LogP contribution in [-0.2, 0) is 9.53 Å². The number of ether oxygens (including phenoxy) is 1. The fourth-order valence-electron chi connectivity index (χ4n) is 6.42. The summed E-state index contributed by atoms with van der Waals surface area (Å²) in [6.45, 7) is 5.05. The van der Waals surface area contributed by atoms with E-state index in [0.717, 1.165) is 12.8 Å². The first kappa shape index (κ1) is 26.3. The molecule has 1 heterocycles. The van der Waals surface area contributed by atoms with E-state index in [9.17, 15) is 19.3 Å². The van der Waals surface area contributed by atoms with Gasteiger partial charge < -0.3 is 4.74 Å². The van der Waals surface area contributed by atoms with Crippen molar-refractivity contribution in [3.63, 3.8) is 0 Å². The molecule has 194 valence electrons. The van der Waals surface area contributed by atoms with E-state index < -0.39 is 17.2 Å². The number of aryl methyl sites for hydroxylation is 1. The number of benzene rings is 2. The predicted octanol–water partition coefficient (Wildman–Crippen LogP) is 5.87. The number of piperidine rings is 1. The number of halogens is 1. The van der Waals surface area contributed by atoms with E-state index in [1.165, 1.54) is 36.1 Å². The third-order valence-corrected chi connectivity index (χ3v) is 8.35. The van der Waals surface area contributed by atoms with E-state index in [4.69, 9.17) is 4.74 Å². The van der Waals surface area contributed by atoms with Gasteiger partial charge in [0.25, 0.3) is 0 Å². The second kappa shape index (κ2) is 11.5. The molecule has 1 aliphatic carbocycles.